The van der Waals surface area contributed by atoms with Crippen LogP contribution >= 0.6 is 23.2 Å². The SMILES string of the molecule is COc1ccc(CN2CCC(OCC(=O)Nc3cc(Cl)cc(Cl)c3)(c3ccc(-c4cccc(C#N)c4)cc3)CC2)cc1. The Bertz CT molecular complexity index is 1560. The molecule has 6 nitrogen and oxygen atoms in total. The molecule has 1 saturated heterocycles. The molecule has 1 heterocycles. The summed E-state index contributed by atoms with van der Waals surface area (Å²) in [4.78, 5) is 15.3. The number of likely N-dealkylation sites (tertiary alicyclic amines) is 1. The van der Waals surface area contributed by atoms with Crippen LogP contribution in [0.25, 0.3) is 11.1 Å². The maximum absolute atomic E-state index is 12.9. The first-order chi connectivity index (χ1) is 20.4. The second-order valence-corrected chi connectivity index (χ2v) is 11.3. The first kappa shape index (κ1) is 29.6. The van der Waals surface area contributed by atoms with Crippen LogP contribution in [0.3, 0.4) is 0 Å². The average molecular weight is 601 g/mol. The Labute approximate surface area is 256 Å². The molecule has 1 fully saturated rings. The van der Waals surface area contributed by atoms with Crippen LogP contribution in [-0.4, -0.2) is 37.6 Å². The van der Waals surface area contributed by atoms with Gasteiger partial charge in [-0.3, -0.25) is 9.69 Å². The molecule has 0 unspecified atom stereocenters. The minimum absolute atomic E-state index is 0.116. The molecule has 0 aromatic heterocycles. The van der Waals surface area contributed by atoms with Crippen molar-refractivity contribution in [3.63, 3.8) is 0 Å². The van der Waals surface area contributed by atoms with Gasteiger partial charge in [0.25, 0.3) is 0 Å². The zero-order valence-electron chi connectivity index (χ0n) is 23.3. The maximum Gasteiger partial charge on any atom is 0.250 e. The lowest BCUT2D eigenvalue weighted by Crippen LogP contribution is -2.45. The zero-order chi connectivity index (χ0) is 29.5. The van der Waals surface area contributed by atoms with Crippen molar-refractivity contribution in [3.05, 3.63) is 118 Å². The van der Waals surface area contributed by atoms with Crippen molar-refractivity contribution in [3.8, 4) is 22.9 Å². The molecule has 1 amide bonds. The number of rotatable bonds is 9. The topological polar surface area (TPSA) is 74.6 Å². The van der Waals surface area contributed by atoms with Crippen LogP contribution in [0, 0.1) is 11.3 Å². The minimum Gasteiger partial charge on any atom is -0.497 e. The Hall–Kier alpha value is -3.86. The third-order valence-corrected chi connectivity index (χ3v) is 8.03. The molecule has 1 aliphatic rings. The fraction of sp³-hybridized carbons (Fsp3) is 0.235. The fourth-order valence-electron chi connectivity index (χ4n) is 5.34. The van der Waals surface area contributed by atoms with Crippen molar-refractivity contribution in [1.82, 2.24) is 4.90 Å². The van der Waals surface area contributed by atoms with E-state index < -0.39 is 5.60 Å². The van der Waals surface area contributed by atoms with E-state index in [0.717, 1.165) is 54.9 Å². The number of nitriles is 1. The Kier molecular flexibility index (Phi) is 9.46. The van der Waals surface area contributed by atoms with Gasteiger partial charge in [0.15, 0.2) is 0 Å². The number of ether oxygens (including phenoxy) is 2. The van der Waals surface area contributed by atoms with E-state index in [2.05, 4.69) is 52.7 Å². The van der Waals surface area contributed by atoms with E-state index >= 15 is 0 Å². The van der Waals surface area contributed by atoms with Gasteiger partial charge in [0, 0.05) is 35.4 Å². The molecule has 0 atom stereocenters. The Morgan fingerprint density at radius 2 is 1.62 bits per heavy atom. The van der Waals surface area contributed by atoms with Gasteiger partial charge in [-0.15, -0.1) is 0 Å². The number of amides is 1. The van der Waals surface area contributed by atoms with E-state index in [9.17, 15) is 10.1 Å². The predicted octanol–water partition coefficient (Wildman–Crippen LogP) is 7.69. The molecule has 4 aromatic rings. The molecular weight excluding hydrogens is 569 g/mol. The average Bonchev–Trinajstić information content (AvgIpc) is 3.01. The number of halogens is 2. The van der Waals surface area contributed by atoms with Crippen LogP contribution in [0.4, 0.5) is 5.69 Å². The van der Waals surface area contributed by atoms with Gasteiger partial charge in [0.2, 0.25) is 5.91 Å². The van der Waals surface area contributed by atoms with Crippen molar-refractivity contribution in [2.45, 2.75) is 25.0 Å². The summed E-state index contributed by atoms with van der Waals surface area (Å²) in [6, 6.07) is 31.0. The molecule has 8 heteroatoms. The summed E-state index contributed by atoms with van der Waals surface area (Å²) >= 11 is 12.2. The molecule has 0 spiro atoms. The number of anilines is 1. The van der Waals surface area contributed by atoms with Gasteiger partial charge < -0.3 is 14.8 Å². The summed E-state index contributed by atoms with van der Waals surface area (Å²) < 4.78 is 11.8. The van der Waals surface area contributed by atoms with E-state index in [-0.39, 0.29) is 12.5 Å². The van der Waals surface area contributed by atoms with Gasteiger partial charge in [0.1, 0.15) is 12.4 Å². The van der Waals surface area contributed by atoms with E-state index in [0.29, 0.717) is 21.3 Å². The highest BCUT2D eigenvalue weighted by molar-refractivity contribution is 6.35. The number of nitrogens with zero attached hydrogens (tertiary/aromatic N) is 2. The lowest BCUT2D eigenvalue weighted by molar-refractivity contribution is -0.135. The summed E-state index contributed by atoms with van der Waals surface area (Å²) in [5.74, 6) is 0.559. The van der Waals surface area contributed by atoms with E-state index in [1.807, 2.05) is 30.3 Å². The number of piperidine rings is 1. The monoisotopic (exact) mass is 599 g/mol. The van der Waals surface area contributed by atoms with Crippen molar-refractivity contribution < 1.29 is 14.3 Å². The number of carbonyl (C=O) groups is 1. The summed E-state index contributed by atoms with van der Waals surface area (Å²) in [7, 11) is 1.67. The van der Waals surface area contributed by atoms with Crippen molar-refractivity contribution in [2.24, 2.45) is 0 Å². The second kappa shape index (κ2) is 13.4. The molecule has 214 valence electrons. The Balaban J connectivity index is 1.33. The lowest BCUT2D eigenvalue weighted by atomic mass is 9.83. The number of nitrogens with one attached hydrogen (secondary N) is 1. The van der Waals surface area contributed by atoms with Gasteiger partial charge in [-0.05, 0) is 77.6 Å². The molecule has 42 heavy (non-hydrogen) atoms. The molecular formula is C34H31Cl2N3O3. The normalized spacial score (nSPS) is 14.6. The van der Waals surface area contributed by atoms with Gasteiger partial charge in [0.05, 0.1) is 24.3 Å². The van der Waals surface area contributed by atoms with Crippen LogP contribution in [0.5, 0.6) is 5.75 Å². The second-order valence-electron chi connectivity index (χ2n) is 10.4. The lowest BCUT2D eigenvalue weighted by Gasteiger charge is -2.42. The van der Waals surface area contributed by atoms with E-state index in [4.69, 9.17) is 32.7 Å². The highest BCUT2D eigenvalue weighted by Crippen LogP contribution is 2.38. The number of carbonyl (C=O) groups excluding carboxylic acids is 1. The van der Waals surface area contributed by atoms with Crippen molar-refractivity contribution in [2.75, 3.05) is 32.1 Å². The van der Waals surface area contributed by atoms with Gasteiger partial charge in [-0.2, -0.15) is 5.26 Å². The quantitative estimate of drug-likeness (QED) is 0.213. The van der Waals surface area contributed by atoms with Crippen LogP contribution in [-0.2, 0) is 21.7 Å². The first-order valence-corrected chi connectivity index (χ1v) is 14.5. The molecule has 0 radical (unpaired) electrons. The predicted molar refractivity (Wildman–Crippen MR) is 167 cm³/mol. The highest BCUT2D eigenvalue weighted by Gasteiger charge is 2.38. The third kappa shape index (κ3) is 7.31. The smallest absolute Gasteiger partial charge is 0.250 e. The van der Waals surface area contributed by atoms with Gasteiger partial charge in [-0.25, -0.2) is 0 Å². The summed E-state index contributed by atoms with van der Waals surface area (Å²) in [5, 5.41) is 13.0. The zero-order valence-corrected chi connectivity index (χ0v) is 24.8. The summed E-state index contributed by atoms with van der Waals surface area (Å²) in [6.45, 7) is 2.33. The highest BCUT2D eigenvalue weighted by atomic mass is 35.5. The van der Waals surface area contributed by atoms with E-state index in [1.165, 1.54) is 5.56 Å². The van der Waals surface area contributed by atoms with Gasteiger partial charge >= 0.3 is 0 Å². The Morgan fingerprint density at radius 3 is 2.26 bits per heavy atom. The van der Waals surface area contributed by atoms with Crippen LogP contribution < -0.4 is 10.1 Å². The molecule has 0 saturated carbocycles. The molecule has 5 rings (SSSR count). The number of hydrogen-bond donors (Lipinski definition) is 1. The number of benzene rings is 4. The van der Waals surface area contributed by atoms with Crippen LogP contribution in [0.1, 0.15) is 29.5 Å². The standard InChI is InChI=1S/C34H31Cl2N3O3/c1-41-32-11-5-24(6-12-32)22-39-15-13-34(14-16-39,42-23-33(40)38-31-19-29(35)18-30(36)20-31)28-9-7-26(8-10-28)27-4-2-3-25(17-27)21-37/h2-12,17-20H,13-16,22-23H2,1H3,(H,38,40). The van der Waals surface area contributed by atoms with Crippen molar-refractivity contribution in [1.29, 1.82) is 5.26 Å². The third-order valence-electron chi connectivity index (χ3n) is 7.59. The fourth-order valence-corrected chi connectivity index (χ4v) is 5.87. The molecule has 1 N–H and O–H groups in total. The first-order valence-electron chi connectivity index (χ1n) is 13.7. The largest absolute Gasteiger partial charge is 0.497 e. The maximum atomic E-state index is 12.9. The summed E-state index contributed by atoms with van der Waals surface area (Å²) in [5.41, 5.74) is 4.73. The number of methoxy groups -OCH3 is 1. The molecule has 4 aromatic carbocycles. The molecule has 0 bridgehead atoms. The molecule has 1 aliphatic heterocycles. The van der Waals surface area contributed by atoms with Crippen molar-refractivity contribution >= 4 is 34.8 Å². The Morgan fingerprint density at radius 1 is 0.929 bits per heavy atom. The molecule has 0 aliphatic carbocycles. The van der Waals surface area contributed by atoms with Gasteiger partial charge in [-0.1, -0.05) is 71.7 Å². The van der Waals surface area contributed by atoms with Crippen LogP contribution in [0.2, 0.25) is 10.0 Å². The van der Waals surface area contributed by atoms with E-state index in [1.54, 1.807) is 31.4 Å². The number of hydrogen-bond acceptors (Lipinski definition) is 5. The summed E-state index contributed by atoms with van der Waals surface area (Å²) in [6.07, 6.45) is 1.45. The minimum atomic E-state index is -0.632. The van der Waals surface area contributed by atoms with Crippen LogP contribution in [0.15, 0.2) is 91.0 Å².